The summed E-state index contributed by atoms with van der Waals surface area (Å²) in [5, 5.41) is 5.01. The van der Waals surface area contributed by atoms with E-state index < -0.39 is 12.1 Å². The molecule has 0 heterocycles. The number of likely N-dealkylation sites (N-methyl/N-ethyl adjacent to an activating group) is 1. The Morgan fingerprint density at radius 3 is 2.12 bits per heavy atom. The molecular formula is C19H20N2O3. The van der Waals surface area contributed by atoms with Gasteiger partial charge in [0.05, 0.1) is 0 Å². The van der Waals surface area contributed by atoms with E-state index in [2.05, 4.69) is 34.9 Å². The van der Waals surface area contributed by atoms with Crippen LogP contribution in [0.25, 0.3) is 11.1 Å². The van der Waals surface area contributed by atoms with E-state index in [1.165, 1.54) is 18.2 Å². The normalized spacial score (nSPS) is 13.6. The summed E-state index contributed by atoms with van der Waals surface area (Å²) in [6.07, 6.45) is -0.590. The third kappa shape index (κ3) is 2.97. The molecular weight excluding hydrogens is 304 g/mol. The fourth-order valence-electron chi connectivity index (χ4n) is 3.10. The number of ether oxygens (including phenoxy) is 1. The van der Waals surface area contributed by atoms with Crippen molar-refractivity contribution in [2.24, 2.45) is 0 Å². The summed E-state index contributed by atoms with van der Waals surface area (Å²) in [6.45, 7) is 1.85. The van der Waals surface area contributed by atoms with Gasteiger partial charge in [0.15, 0.2) is 0 Å². The predicted molar refractivity (Wildman–Crippen MR) is 91.7 cm³/mol. The lowest BCUT2D eigenvalue weighted by atomic mass is 9.98. The van der Waals surface area contributed by atoms with Gasteiger partial charge in [0.25, 0.3) is 0 Å². The van der Waals surface area contributed by atoms with Crippen LogP contribution in [0.5, 0.6) is 0 Å². The Hall–Kier alpha value is -2.82. The summed E-state index contributed by atoms with van der Waals surface area (Å²) in [5.41, 5.74) is 4.68. The van der Waals surface area contributed by atoms with Gasteiger partial charge in [-0.05, 0) is 29.2 Å². The van der Waals surface area contributed by atoms with Gasteiger partial charge in [0.1, 0.15) is 12.6 Å². The largest absolute Gasteiger partial charge is 0.449 e. The van der Waals surface area contributed by atoms with Gasteiger partial charge in [0, 0.05) is 13.0 Å². The Morgan fingerprint density at radius 1 is 1.04 bits per heavy atom. The molecule has 0 aliphatic heterocycles. The Bertz CT molecular complexity index is 727. The minimum Gasteiger partial charge on any atom is -0.449 e. The van der Waals surface area contributed by atoms with E-state index in [-0.39, 0.29) is 18.4 Å². The van der Waals surface area contributed by atoms with Gasteiger partial charge in [-0.25, -0.2) is 4.79 Å². The number of carbonyl (C=O) groups excluding carboxylic acids is 2. The van der Waals surface area contributed by atoms with E-state index in [4.69, 9.17) is 4.74 Å². The molecule has 0 fully saturated rings. The molecule has 0 saturated heterocycles. The lowest BCUT2D eigenvalue weighted by Crippen LogP contribution is -2.44. The lowest BCUT2D eigenvalue weighted by Gasteiger charge is -2.16. The van der Waals surface area contributed by atoms with Crippen molar-refractivity contribution in [3.8, 4) is 11.1 Å². The number of rotatable bonds is 4. The Kier molecular flexibility index (Phi) is 4.51. The van der Waals surface area contributed by atoms with Crippen molar-refractivity contribution in [1.82, 2.24) is 10.6 Å². The molecule has 1 aliphatic rings. The molecule has 5 nitrogen and oxygen atoms in total. The molecule has 2 aromatic carbocycles. The highest BCUT2D eigenvalue weighted by Crippen LogP contribution is 2.44. The first-order valence-corrected chi connectivity index (χ1v) is 7.95. The first-order chi connectivity index (χ1) is 11.6. The second kappa shape index (κ2) is 6.74. The molecule has 124 valence electrons. The van der Waals surface area contributed by atoms with E-state index in [9.17, 15) is 9.59 Å². The zero-order valence-corrected chi connectivity index (χ0v) is 13.7. The van der Waals surface area contributed by atoms with Crippen molar-refractivity contribution in [3.05, 3.63) is 59.7 Å². The molecule has 2 aromatic rings. The van der Waals surface area contributed by atoms with Crippen LogP contribution in [0.2, 0.25) is 0 Å². The van der Waals surface area contributed by atoms with Crippen LogP contribution in [-0.4, -0.2) is 31.7 Å². The smallest absolute Gasteiger partial charge is 0.407 e. The summed E-state index contributed by atoms with van der Waals surface area (Å²) < 4.78 is 5.37. The Balaban J connectivity index is 1.72. The molecule has 1 aliphatic carbocycles. The first kappa shape index (κ1) is 16.1. The van der Waals surface area contributed by atoms with Gasteiger partial charge in [-0.3, -0.25) is 4.79 Å². The van der Waals surface area contributed by atoms with Crippen molar-refractivity contribution >= 4 is 12.0 Å². The summed E-state index contributed by atoms with van der Waals surface area (Å²) in [4.78, 5) is 23.4. The molecule has 1 atom stereocenters. The quantitative estimate of drug-likeness (QED) is 0.908. The molecule has 2 N–H and O–H groups in total. The number of fused-ring (bicyclic) bond motifs is 3. The highest BCUT2D eigenvalue weighted by molar-refractivity contribution is 5.85. The average Bonchev–Trinajstić information content (AvgIpc) is 2.93. The predicted octanol–water partition coefficient (Wildman–Crippen LogP) is 2.66. The van der Waals surface area contributed by atoms with Gasteiger partial charge in [0.2, 0.25) is 5.91 Å². The van der Waals surface area contributed by atoms with Crippen molar-refractivity contribution < 1.29 is 14.3 Å². The molecule has 0 bridgehead atoms. The Morgan fingerprint density at radius 2 is 1.58 bits per heavy atom. The van der Waals surface area contributed by atoms with E-state index in [0.29, 0.717) is 0 Å². The molecule has 0 aromatic heterocycles. The molecule has 2 amide bonds. The summed E-state index contributed by atoms with van der Waals surface area (Å²) in [7, 11) is 1.53. The van der Waals surface area contributed by atoms with Crippen molar-refractivity contribution in [2.75, 3.05) is 13.7 Å². The maximum absolute atomic E-state index is 11.9. The third-order valence-electron chi connectivity index (χ3n) is 4.32. The zero-order chi connectivity index (χ0) is 17.1. The second-order valence-corrected chi connectivity index (χ2v) is 5.81. The van der Waals surface area contributed by atoms with Crippen LogP contribution in [0.1, 0.15) is 24.0 Å². The number of carbonyl (C=O) groups is 2. The standard InChI is InChI=1S/C19H20N2O3/c1-12(18(22)20-2)21-19(23)24-11-17-15-9-5-3-7-13(15)14-8-4-6-10-16(14)17/h3-10,12,17H,11H2,1-2H3,(H,20,22)(H,21,23). The second-order valence-electron chi connectivity index (χ2n) is 5.81. The Labute approximate surface area is 141 Å². The summed E-state index contributed by atoms with van der Waals surface area (Å²) in [6, 6.07) is 15.7. The van der Waals surface area contributed by atoms with Gasteiger partial charge in [-0.15, -0.1) is 0 Å². The van der Waals surface area contributed by atoms with Crippen LogP contribution in [0, 0.1) is 0 Å². The van der Waals surface area contributed by atoms with Crippen LogP contribution < -0.4 is 10.6 Å². The molecule has 0 spiro atoms. The lowest BCUT2D eigenvalue weighted by molar-refractivity contribution is -0.122. The fraction of sp³-hybridized carbons (Fsp3) is 0.263. The molecule has 0 saturated carbocycles. The van der Waals surface area contributed by atoms with Crippen LogP contribution >= 0.6 is 0 Å². The van der Waals surface area contributed by atoms with Crippen LogP contribution in [0.3, 0.4) is 0 Å². The topological polar surface area (TPSA) is 67.4 Å². The van der Waals surface area contributed by atoms with Crippen molar-refractivity contribution in [2.45, 2.75) is 18.9 Å². The number of benzene rings is 2. The number of nitrogens with one attached hydrogen (secondary N) is 2. The number of hydrogen-bond acceptors (Lipinski definition) is 3. The molecule has 3 rings (SSSR count). The van der Waals surface area contributed by atoms with Crippen LogP contribution in [-0.2, 0) is 9.53 Å². The maximum Gasteiger partial charge on any atom is 0.407 e. The summed E-state index contributed by atoms with van der Waals surface area (Å²) in [5.74, 6) is -0.248. The van der Waals surface area contributed by atoms with Gasteiger partial charge in [-0.2, -0.15) is 0 Å². The van der Waals surface area contributed by atoms with E-state index in [1.807, 2.05) is 24.3 Å². The SMILES string of the molecule is CNC(=O)C(C)NC(=O)OCC1c2ccccc2-c2ccccc21. The van der Waals surface area contributed by atoms with E-state index in [1.54, 1.807) is 6.92 Å². The van der Waals surface area contributed by atoms with Gasteiger partial charge in [-0.1, -0.05) is 48.5 Å². The first-order valence-electron chi connectivity index (χ1n) is 7.95. The molecule has 5 heteroatoms. The number of alkyl carbamates (subject to hydrolysis) is 1. The van der Waals surface area contributed by atoms with E-state index >= 15 is 0 Å². The minimum absolute atomic E-state index is 0.0125. The number of amides is 2. The van der Waals surface area contributed by atoms with Crippen LogP contribution in [0.4, 0.5) is 4.79 Å². The summed E-state index contributed by atoms with van der Waals surface area (Å²) >= 11 is 0. The fourth-order valence-corrected chi connectivity index (χ4v) is 3.10. The van der Waals surface area contributed by atoms with Gasteiger partial charge < -0.3 is 15.4 Å². The van der Waals surface area contributed by atoms with E-state index in [0.717, 1.165) is 11.1 Å². The molecule has 1 unspecified atom stereocenters. The van der Waals surface area contributed by atoms with Crippen molar-refractivity contribution in [3.63, 3.8) is 0 Å². The van der Waals surface area contributed by atoms with Crippen LogP contribution in [0.15, 0.2) is 48.5 Å². The monoisotopic (exact) mass is 324 g/mol. The molecule has 24 heavy (non-hydrogen) atoms. The number of hydrogen-bond donors (Lipinski definition) is 2. The molecule has 0 radical (unpaired) electrons. The van der Waals surface area contributed by atoms with Crippen molar-refractivity contribution in [1.29, 1.82) is 0 Å². The van der Waals surface area contributed by atoms with Gasteiger partial charge >= 0.3 is 6.09 Å². The third-order valence-corrected chi connectivity index (χ3v) is 4.32. The zero-order valence-electron chi connectivity index (χ0n) is 13.7. The average molecular weight is 324 g/mol. The maximum atomic E-state index is 11.9. The highest BCUT2D eigenvalue weighted by atomic mass is 16.5. The minimum atomic E-state index is -0.634. The highest BCUT2D eigenvalue weighted by Gasteiger charge is 2.29.